The zero-order valence-corrected chi connectivity index (χ0v) is 11.9. The quantitative estimate of drug-likeness (QED) is 0.864. The first-order chi connectivity index (χ1) is 9.26. The maximum absolute atomic E-state index is 4.22. The number of rotatable bonds is 6. The first kappa shape index (κ1) is 13.7. The second kappa shape index (κ2) is 6.48. The van der Waals surface area contributed by atoms with Gasteiger partial charge in [-0.1, -0.05) is 6.92 Å². The molecule has 0 aromatic carbocycles. The number of nitrogens with one attached hydrogen (secondary N) is 1. The molecule has 0 bridgehead atoms. The van der Waals surface area contributed by atoms with Gasteiger partial charge in [0.15, 0.2) is 0 Å². The van der Waals surface area contributed by atoms with Crippen molar-refractivity contribution in [2.75, 3.05) is 7.05 Å². The summed E-state index contributed by atoms with van der Waals surface area (Å²) in [5.74, 6) is 0. The molecule has 0 spiro atoms. The van der Waals surface area contributed by atoms with E-state index >= 15 is 0 Å². The van der Waals surface area contributed by atoms with Crippen LogP contribution in [0.4, 0.5) is 0 Å². The molecule has 0 aliphatic heterocycles. The first-order valence-corrected chi connectivity index (χ1v) is 6.83. The number of aromatic nitrogens is 3. The summed E-state index contributed by atoms with van der Waals surface area (Å²) in [6.45, 7) is 2.17. The van der Waals surface area contributed by atoms with E-state index in [0.717, 1.165) is 19.3 Å². The third kappa shape index (κ3) is 3.20. The van der Waals surface area contributed by atoms with Gasteiger partial charge in [0.25, 0.3) is 0 Å². The molecule has 4 nitrogen and oxygen atoms in total. The summed E-state index contributed by atoms with van der Waals surface area (Å²) in [5, 5.41) is 7.63. The van der Waals surface area contributed by atoms with Crippen molar-refractivity contribution in [3.8, 4) is 0 Å². The zero-order valence-electron chi connectivity index (χ0n) is 11.9. The number of pyridine rings is 1. The van der Waals surface area contributed by atoms with Gasteiger partial charge in [0.05, 0.1) is 0 Å². The van der Waals surface area contributed by atoms with E-state index in [-0.39, 0.29) is 0 Å². The summed E-state index contributed by atoms with van der Waals surface area (Å²) in [7, 11) is 4.02. The van der Waals surface area contributed by atoms with E-state index in [4.69, 9.17) is 0 Å². The molecule has 0 radical (unpaired) electrons. The molecule has 0 saturated heterocycles. The molecule has 1 N–H and O–H groups in total. The summed E-state index contributed by atoms with van der Waals surface area (Å²) in [6.07, 6.45) is 8.81. The Labute approximate surface area is 114 Å². The van der Waals surface area contributed by atoms with Gasteiger partial charge in [-0.15, -0.1) is 0 Å². The van der Waals surface area contributed by atoms with Gasteiger partial charge in [0.1, 0.15) is 0 Å². The number of aryl methyl sites for hydroxylation is 3. The molecule has 0 aliphatic rings. The molecule has 4 heteroatoms. The highest BCUT2D eigenvalue weighted by Crippen LogP contribution is 2.22. The SMILES string of the molecule is CCc1cnccc1C(CCc1ccnn1C)NC. The molecule has 2 heterocycles. The fourth-order valence-electron chi connectivity index (χ4n) is 2.47. The Hall–Kier alpha value is -1.68. The Balaban J connectivity index is 2.10. The predicted molar refractivity (Wildman–Crippen MR) is 76.9 cm³/mol. The van der Waals surface area contributed by atoms with Crippen molar-refractivity contribution in [2.24, 2.45) is 7.05 Å². The van der Waals surface area contributed by atoms with E-state index in [1.165, 1.54) is 16.8 Å². The normalized spacial score (nSPS) is 12.6. The van der Waals surface area contributed by atoms with Gasteiger partial charge in [0.2, 0.25) is 0 Å². The average molecular weight is 258 g/mol. The molecule has 0 amide bonds. The van der Waals surface area contributed by atoms with Crippen LogP contribution in [0.15, 0.2) is 30.7 Å². The summed E-state index contributed by atoms with van der Waals surface area (Å²) in [4.78, 5) is 4.22. The van der Waals surface area contributed by atoms with Gasteiger partial charge >= 0.3 is 0 Å². The van der Waals surface area contributed by atoms with Crippen LogP contribution in [0.3, 0.4) is 0 Å². The Morgan fingerprint density at radius 2 is 2.16 bits per heavy atom. The number of hydrogen-bond donors (Lipinski definition) is 1. The minimum absolute atomic E-state index is 0.368. The Morgan fingerprint density at radius 3 is 2.79 bits per heavy atom. The largest absolute Gasteiger partial charge is 0.313 e. The van der Waals surface area contributed by atoms with Crippen molar-refractivity contribution in [1.29, 1.82) is 0 Å². The Morgan fingerprint density at radius 1 is 1.32 bits per heavy atom. The van der Waals surface area contributed by atoms with Crippen LogP contribution in [0.25, 0.3) is 0 Å². The third-order valence-corrected chi connectivity index (χ3v) is 3.66. The topological polar surface area (TPSA) is 42.7 Å². The van der Waals surface area contributed by atoms with Crippen molar-refractivity contribution in [2.45, 2.75) is 32.2 Å². The summed E-state index contributed by atoms with van der Waals surface area (Å²) < 4.78 is 1.94. The van der Waals surface area contributed by atoms with E-state index in [1.54, 1.807) is 0 Å². The van der Waals surface area contributed by atoms with Gasteiger partial charge in [-0.25, -0.2) is 0 Å². The van der Waals surface area contributed by atoms with Crippen LogP contribution in [0.5, 0.6) is 0 Å². The molecule has 0 aliphatic carbocycles. The maximum Gasteiger partial charge on any atom is 0.0492 e. The highest BCUT2D eigenvalue weighted by Gasteiger charge is 2.13. The molecule has 1 atom stereocenters. The zero-order chi connectivity index (χ0) is 13.7. The Bertz CT molecular complexity index is 518. The smallest absolute Gasteiger partial charge is 0.0492 e. The molecule has 2 aromatic heterocycles. The molecule has 2 rings (SSSR count). The molecular formula is C15H22N4. The number of hydrogen-bond acceptors (Lipinski definition) is 3. The summed E-state index contributed by atoms with van der Waals surface area (Å²) in [6, 6.07) is 4.58. The van der Waals surface area contributed by atoms with Crippen LogP contribution < -0.4 is 5.32 Å². The van der Waals surface area contributed by atoms with Gasteiger partial charge in [0, 0.05) is 37.4 Å². The summed E-state index contributed by atoms with van der Waals surface area (Å²) >= 11 is 0. The highest BCUT2D eigenvalue weighted by atomic mass is 15.2. The molecule has 2 aromatic rings. The first-order valence-electron chi connectivity index (χ1n) is 6.83. The van der Waals surface area contributed by atoms with Crippen LogP contribution >= 0.6 is 0 Å². The molecular weight excluding hydrogens is 236 g/mol. The van der Waals surface area contributed by atoms with Crippen LogP contribution in [-0.4, -0.2) is 21.8 Å². The molecule has 0 fully saturated rings. The standard InChI is InChI=1S/C15H22N4/c1-4-12-11-17-9-8-14(12)15(16-2)6-5-13-7-10-18-19(13)3/h7-11,15-16H,4-6H2,1-3H3. The highest BCUT2D eigenvalue weighted by molar-refractivity contribution is 5.27. The lowest BCUT2D eigenvalue weighted by Crippen LogP contribution is -2.19. The van der Waals surface area contributed by atoms with Crippen molar-refractivity contribution < 1.29 is 0 Å². The van der Waals surface area contributed by atoms with Gasteiger partial charge < -0.3 is 5.32 Å². The van der Waals surface area contributed by atoms with Crippen LogP contribution in [0.1, 0.15) is 36.2 Å². The monoisotopic (exact) mass is 258 g/mol. The molecule has 0 saturated carbocycles. The Kier molecular flexibility index (Phi) is 4.68. The average Bonchev–Trinajstić information content (AvgIpc) is 2.85. The van der Waals surface area contributed by atoms with Crippen molar-refractivity contribution in [3.05, 3.63) is 47.5 Å². The van der Waals surface area contributed by atoms with Gasteiger partial charge in [-0.05, 0) is 49.6 Å². The lowest BCUT2D eigenvalue weighted by Gasteiger charge is -2.19. The van der Waals surface area contributed by atoms with Crippen LogP contribution in [0, 0.1) is 0 Å². The van der Waals surface area contributed by atoms with Crippen molar-refractivity contribution >= 4 is 0 Å². The van der Waals surface area contributed by atoms with Gasteiger partial charge in [-0.3, -0.25) is 9.67 Å². The predicted octanol–water partition coefficient (Wildman–Crippen LogP) is 2.27. The maximum atomic E-state index is 4.22. The van der Waals surface area contributed by atoms with Crippen molar-refractivity contribution in [3.63, 3.8) is 0 Å². The van der Waals surface area contributed by atoms with Crippen LogP contribution in [-0.2, 0) is 19.9 Å². The van der Waals surface area contributed by atoms with E-state index in [0.29, 0.717) is 6.04 Å². The fourth-order valence-corrected chi connectivity index (χ4v) is 2.47. The van der Waals surface area contributed by atoms with Crippen molar-refractivity contribution in [1.82, 2.24) is 20.1 Å². The van der Waals surface area contributed by atoms with Crippen LogP contribution in [0.2, 0.25) is 0 Å². The fraction of sp³-hybridized carbons (Fsp3) is 0.467. The number of nitrogens with zero attached hydrogens (tertiary/aromatic N) is 3. The summed E-state index contributed by atoms with van der Waals surface area (Å²) in [5.41, 5.74) is 3.96. The van der Waals surface area contributed by atoms with E-state index in [2.05, 4.69) is 34.5 Å². The van der Waals surface area contributed by atoms with E-state index < -0.39 is 0 Å². The van der Waals surface area contributed by atoms with E-state index in [1.807, 2.05) is 37.4 Å². The molecule has 102 valence electrons. The molecule has 19 heavy (non-hydrogen) atoms. The van der Waals surface area contributed by atoms with Gasteiger partial charge in [-0.2, -0.15) is 5.10 Å². The second-order valence-corrected chi connectivity index (χ2v) is 4.75. The molecule has 1 unspecified atom stereocenters. The second-order valence-electron chi connectivity index (χ2n) is 4.75. The lowest BCUT2D eigenvalue weighted by atomic mass is 9.96. The van der Waals surface area contributed by atoms with E-state index in [9.17, 15) is 0 Å². The third-order valence-electron chi connectivity index (χ3n) is 3.66. The minimum Gasteiger partial charge on any atom is -0.313 e. The lowest BCUT2D eigenvalue weighted by molar-refractivity contribution is 0.531. The minimum atomic E-state index is 0.368.